The number of rotatable bonds is 13. The van der Waals surface area contributed by atoms with Crippen molar-refractivity contribution in [3.05, 3.63) is 108 Å². The van der Waals surface area contributed by atoms with Gasteiger partial charge in [-0.1, -0.05) is 91.0 Å². The average Bonchev–Trinajstić information content (AvgIpc) is 3.46. The summed E-state index contributed by atoms with van der Waals surface area (Å²) >= 11 is 0. The molecule has 224 valence electrons. The highest BCUT2D eigenvalue weighted by Crippen LogP contribution is 2.24. The van der Waals surface area contributed by atoms with Gasteiger partial charge in [-0.2, -0.15) is 0 Å². The largest absolute Gasteiger partial charge is 0.443 e. The van der Waals surface area contributed by atoms with Gasteiger partial charge < -0.3 is 14.8 Å². The lowest BCUT2D eigenvalue weighted by atomic mass is 9.97. The van der Waals surface area contributed by atoms with Crippen molar-refractivity contribution >= 4 is 12.0 Å². The molecule has 0 spiro atoms. The van der Waals surface area contributed by atoms with Crippen LogP contribution in [0, 0.1) is 0 Å². The number of nitrogens with one attached hydrogen (secondary N) is 1. The zero-order chi connectivity index (χ0) is 29.8. The molecule has 6 heteroatoms. The first-order valence-electron chi connectivity index (χ1n) is 15.3. The molecule has 0 bridgehead atoms. The Morgan fingerprint density at radius 1 is 0.810 bits per heavy atom. The Morgan fingerprint density at radius 2 is 1.31 bits per heavy atom. The number of hydrogen-bond acceptors (Lipinski definition) is 5. The number of ether oxygens (including phenoxy) is 2. The molecule has 3 aromatic rings. The summed E-state index contributed by atoms with van der Waals surface area (Å²) in [7, 11) is 0. The van der Waals surface area contributed by atoms with E-state index in [4.69, 9.17) is 9.47 Å². The minimum absolute atomic E-state index is 0.103. The van der Waals surface area contributed by atoms with Gasteiger partial charge in [0.2, 0.25) is 5.91 Å². The Kier molecular flexibility index (Phi) is 11.7. The summed E-state index contributed by atoms with van der Waals surface area (Å²) in [5, 5.41) is 3.34. The number of hydrogen-bond donors (Lipinski definition) is 1. The van der Waals surface area contributed by atoms with Gasteiger partial charge in [-0.05, 0) is 82.4 Å². The monoisotopic (exact) mass is 570 g/mol. The van der Waals surface area contributed by atoms with Gasteiger partial charge in [0.15, 0.2) is 0 Å². The van der Waals surface area contributed by atoms with Gasteiger partial charge in [0.1, 0.15) is 5.60 Å². The molecular weight excluding hydrogens is 524 g/mol. The minimum Gasteiger partial charge on any atom is -0.443 e. The number of imide groups is 1. The fourth-order valence-electron chi connectivity index (χ4n) is 5.48. The molecule has 3 aromatic carbocycles. The van der Waals surface area contributed by atoms with E-state index in [9.17, 15) is 9.59 Å². The van der Waals surface area contributed by atoms with Crippen LogP contribution in [0.25, 0.3) is 0 Å². The van der Waals surface area contributed by atoms with Crippen molar-refractivity contribution in [3.8, 4) is 0 Å². The summed E-state index contributed by atoms with van der Waals surface area (Å²) in [5.41, 5.74) is 2.90. The summed E-state index contributed by atoms with van der Waals surface area (Å²) in [6, 6.07) is 30.0. The van der Waals surface area contributed by atoms with E-state index in [1.54, 1.807) is 0 Å². The fraction of sp³-hybridized carbons (Fsp3) is 0.444. The maximum absolute atomic E-state index is 14.1. The average molecular weight is 571 g/mol. The van der Waals surface area contributed by atoms with E-state index < -0.39 is 17.7 Å². The van der Waals surface area contributed by atoms with Crippen molar-refractivity contribution in [1.29, 1.82) is 0 Å². The van der Waals surface area contributed by atoms with Crippen molar-refractivity contribution in [2.45, 2.75) is 96.1 Å². The van der Waals surface area contributed by atoms with Crippen molar-refractivity contribution in [1.82, 2.24) is 10.2 Å². The lowest BCUT2D eigenvalue weighted by Gasteiger charge is -2.34. The van der Waals surface area contributed by atoms with E-state index in [2.05, 4.69) is 29.6 Å². The van der Waals surface area contributed by atoms with Crippen LogP contribution in [0.3, 0.4) is 0 Å². The summed E-state index contributed by atoms with van der Waals surface area (Å²) in [6.07, 6.45) is 4.81. The Morgan fingerprint density at radius 3 is 1.81 bits per heavy atom. The second-order valence-corrected chi connectivity index (χ2v) is 12.2. The van der Waals surface area contributed by atoms with E-state index in [0.29, 0.717) is 19.6 Å². The van der Waals surface area contributed by atoms with Crippen LogP contribution in [0.15, 0.2) is 91.0 Å². The predicted octanol–water partition coefficient (Wildman–Crippen LogP) is 7.11. The molecule has 4 rings (SSSR count). The molecule has 1 fully saturated rings. The van der Waals surface area contributed by atoms with Crippen molar-refractivity contribution in [3.63, 3.8) is 0 Å². The normalized spacial score (nSPS) is 16.9. The zero-order valence-electron chi connectivity index (χ0n) is 25.3. The maximum atomic E-state index is 14.1. The van der Waals surface area contributed by atoms with Gasteiger partial charge in [-0.15, -0.1) is 0 Å². The van der Waals surface area contributed by atoms with Crippen LogP contribution < -0.4 is 5.32 Å². The first-order chi connectivity index (χ1) is 20.3. The molecule has 1 aliphatic heterocycles. The highest BCUT2D eigenvalue weighted by atomic mass is 16.6. The third kappa shape index (κ3) is 10.1. The Balaban J connectivity index is 1.47. The number of nitrogens with zero attached hydrogens (tertiary/aromatic N) is 1. The van der Waals surface area contributed by atoms with Crippen molar-refractivity contribution < 1.29 is 19.1 Å². The molecule has 0 radical (unpaired) electrons. The molecule has 2 atom stereocenters. The third-order valence-electron chi connectivity index (χ3n) is 7.60. The number of benzene rings is 3. The van der Waals surface area contributed by atoms with E-state index in [1.807, 2.05) is 87.5 Å². The van der Waals surface area contributed by atoms with Gasteiger partial charge in [-0.25, -0.2) is 9.69 Å². The van der Waals surface area contributed by atoms with Crippen LogP contribution >= 0.6 is 0 Å². The SMILES string of the molecule is CC(C)(C)OC(=O)N(C(=O)[C@@H]1C[C@H](OCc2ccccc2)CN1)C(CCCc1ccccc1)CCCc1ccccc1. The highest BCUT2D eigenvalue weighted by Gasteiger charge is 2.40. The van der Waals surface area contributed by atoms with Crippen LogP contribution in [0.2, 0.25) is 0 Å². The Hall–Kier alpha value is -3.48. The minimum atomic E-state index is -0.710. The first kappa shape index (κ1) is 31.5. The molecule has 1 saturated heterocycles. The van der Waals surface area contributed by atoms with Gasteiger partial charge >= 0.3 is 6.09 Å². The zero-order valence-corrected chi connectivity index (χ0v) is 25.3. The van der Waals surface area contributed by atoms with E-state index >= 15 is 0 Å². The van der Waals surface area contributed by atoms with Gasteiger partial charge in [0, 0.05) is 12.6 Å². The lowest BCUT2D eigenvalue weighted by Crippen LogP contribution is -2.53. The molecule has 0 aliphatic carbocycles. The van der Waals surface area contributed by atoms with Crippen LogP contribution in [-0.2, 0) is 33.7 Å². The van der Waals surface area contributed by atoms with E-state index in [0.717, 1.165) is 44.1 Å². The second kappa shape index (κ2) is 15.7. The second-order valence-electron chi connectivity index (χ2n) is 12.2. The van der Waals surface area contributed by atoms with Crippen molar-refractivity contribution in [2.24, 2.45) is 0 Å². The summed E-state index contributed by atoms with van der Waals surface area (Å²) < 4.78 is 12.0. The summed E-state index contributed by atoms with van der Waals surface area (Å²) in [4.78, 5) is 29.2. The quantitative estimate of drug-likeness (QED) is 0.237. The number of carbonyl (C=O) groups is 2. The van der Waals surface area contributed by atoms with E-state index in [-0.39, 0.29) is 18.1 Å². The summed E-state index contributed by atoms with van der Waals surface area (Å²) in [5.74, 6) is -0.223. The van der Waals surface area contributed by atoms with Crippen LogP contribution in [0.5, 0.6) is 0 Å². The molecule has 6 nitrogen and oxygen atoms in total. The Labute approximate surface area is 251 Å². The molecule has 0 saturated carbocycles. The summed E-state index contributed by atoms with van der Waals surface area (Å²) in [6.45, 7) is 6.58. The topological polar surface area (TPSA) is 67.9 Å². The number of amides is 2. The van der Waals surface area contributed by atoms with Crippen LogP contribution in [-0.4, -0.2) is 47.2 Å². The predicted molar refractivity (Wildman–Crippen MR) is 167 cm³/mol. The lowest BCUT2D eigenvalue weighted by molar-refractivity contribution is -0.135. The molecule has 42 heavy (non-hydrogen) atoms. The Bertz CT molecular complexity index is 1180. The number of aryl methyl sites for hydroxylation is 2. The van der Waals surface area contributed by atoms with Gasteiger partial charge in [0.25, 0.3) is 0 Å². The van der Waals surface area contributed by atoms with Gasteiger partial charge in [-0.3, -0.25) is 4.79 Å². The molecule has 1 N–H and O–H groups in total. The van der Waals surface area contributed by atoms with Gasteiger partial charge in [0.05, 0.1) is 18.8 Å². The molecule has 1 aliphatic rings. The first-order valence-corrected chi connectivity index (χ1v) is 15.3. The third-order valence-corrected chi connectivity index (χ3v) is 7.60. The molecule has 0 unspecified atom stereocenters. The maximum Gasteiger partial charge on any atom is 0.417 e. The molecule has 2 amide bonds. The molecular formula is C36H46N2O4. The highest BCUT2D eigenvalue weighted by molar-refractivity contribution is 5.95. The van der Waals surface area contributed by atoms with Crippen LogP contribution in [0.4, 0.5) is 4.79 Å². The van der Waals surface area contributed by atoms with E-state index in [1.165, 1.54) is 16.0 Å². The van der Waals surface area contributed by atoms with Crippen LogP contribution in [0.1, 0.15) is 69.6 Å². The number of carbonyl (C=O) groups excluding carboxylic acids is 2. The van der Waals surface area contributed by atoms with Crippen molar-refractivity contribution in [2.75, 3.05) is 6.54 Å². The fourth-order valence-corrected chi connectivity index (χ4v) is 5.48. The smallest absolute Gasteiger partial charge is 0.417 e. The molecule has 1 heterocycles. The molecule has 0 aromatic heterocycles. The standard InChI is InChI=1S/C36H46N2O4/c1-36(2,3)42-35(40)38(34(39)33-25-32(26-37-33)41-27-30-19-11-6-12-20-30)31(23-13-21-28-15-7-4-8-16-28)24-14-22-29-17-9-5-10-18-29/h4-12,15-20,31-33,37H,13-14,21-27H2,1-3H3/t32-,33-/m0/s1.